The second-order valence-electron chi connectivity index (χ2n) is 7.45. The van der Waals surface area contributed by atoms with E-state index < -0.39 is 29.3 Å². The quantitative estimate of drug-likeness (QED) is 0.794. The van der Waals surface area contributed by atoms with Gasteiger partial charge in [-0.3, -0.25) is 4.79 Å². The number of aliphatic hydroxyl groups is 1. The third kappa shape index (κ3) is 3.81. The summed E-state index contributed by atoms with van der Waals surface area (Å²) in [5, 5.41) is 23.6. The van der Waals surface area contributed by atoms with Crippen molar-refractivity contribution < 1.29 is 19.4 Å². The van der Waals surface area contributed by atoms with Gasteiger partial charge in [0.05, 0.1) is 6.04 Å². The minimum atomic E-state index is -1.74. The van der Waals surface area contributed by atoms with Crippen LogP contribution >= 0.6 is 11.3 Å². The first-order valence-corrected chi connectivity index (χ1v) is 9.18. The standard InChI is InChI=1S/C18H23N3O4S/c1-10-20-21-16(26-10)19-14-11-8-6-7-9-12(11)24-18(5,23)13(14)15(22)25-17(2,3)4/h6-9,13-14,23H,1-5H3,(H,19,21)/t13-,14-,18-/m1/s1. The molecular weight excluding hydrogens is 354 g/mol. The summed E-state index contributed by atoms with van der Waals surface area (Å²) in [6, 6.07) is 6.71. The zero-order valence-electron chi connectivity index (χ0n) is 15.4. The predicted molar refractivity (Wildman–Crippen MR) is 98.0 cm³/mol. The molecule has 0 unspecified atom stereocenters. The number of anilines is 1. The maximum absolute atomic E-state index is 12.9. The highest BCUT2D eigenvalue weighted by atomic mass is 32.1. The molecule has 1 aromatic carbocycles. The molecule has 1 aliphatic heterocycles. The highest BCUT2D eigenvalue weighted by Gasteiger charge is 2.52. The van der Waals surface area contributed by atoms with Crippen molar-refractivity contribution >= 4 is 22.4 Å². The molecule has 0 radical (unpaired) electrons. The molecule has 0 aliphatic carbocycles. The molecule has 7 nitrogen and oxygen atoms in total. The van der Waals surface area contributed by atoms with Crippen LogP contribution in [-0.4, -0.2) is 32.7 Å². The number of nitrogens with zero attached hydrogens (tertiary/aromatic N) is 2. The normalized spacial score (nSPS) is 25.2. The third-order valence-corrected chi connectivity index (χ3v) is 4.72. The fourth-order valence-electron chi connectivity index (χ4n) is 2.97. The Hall–Kier alpha value is -2.19. The lowest BCUT2D eigenvalue weighted by molar-refractivity contribution is -0.206. The van der Waals surface area contributed by atoms with Crippen molar-refractivity contribution in [2.75, 3.05) is 5.32 Å². The lowest BCUT2D eigenvalue weighted by Gasteiger charge is -2.42. The molecule has 0 spiro atoms. The van der Waals surface area contributed by atoms with Crippen LogP contribution in [0.25, 0.3) is 0 Å². The van der Waals surface area contributed by atoms with Gasteiger partial charge in [0.1, 0.15) is 22.3 Å². The number of aryl methyl sites for hydroxylation is 1. The largest absolute Gasteiger partial charge is 0.461 e. The minimum absolute atomic E-state index is 0.510. The average Bonchev–Trinajstić information content (AvgIpc) is 2.89. The molecule has 0 fully saturated rings. The fraction of sp³-hybridized carbons (Fsp3) is 0.500. The first-order chi connectivity index (χ1) is 12.1. The number of benzene rings is 1. The smallest absolute Gasteiger partial charge is 0.318 e. The number of hydrogen-bond acceptors (Lipinski definition) is 8. The highest BCUT2D eigenvalue weighted by molar-refractivity contribution is 7.15. The average molecular weight is 377 g/mol. The van der Waals surface area contributed by atoms with Crippen LogP contribution in [0.1, 0.15) is 44.3 Å². The van der Waals surface area contributed by atoms with Crippen molar-refractivity contribution in [2.24, 2.45) is 5.92 Å². The maximum atomic E-state index is 12.9. The fourth-order valence-corrected chi connectivity index (χ4v) is 3.60. The van der Waals surface area contributed by atoms with Crippen molar-refractivity contribution in [3.63, 3.8) is 0 Å². The van der Waals surface area contributed by atoms with Gasteiger partial charge in [-0.15, -0.1) is 10.2 Å². The van der Waals surface area contributed by atoms with Crippen molar-refractivity contribution in [1.82, 2.24) is 10.2 Å². The van der Waals surface area contributed by atoms with E-state index in [1.54, 1.807) is 26.8 Å². The molecule has 1 aromatic heterocycles. The molecule has 0 saturated heterocycles. The summed E-state index contributed by atoms with van der Waals surface area (Å²) in [5.74, 6) is -2.76. The van der Waals surface area contributed by atoms with Crippen molar-refractivity contribution in [3.05, 3.63) is 34.8 Å². The Morgan fingerprint density at radius 1 is 1.35 bits per heavy atom. The van der Waals surface area contributed by atoms with E-state index in [0.717, 1.165) is 10.6 Å². The lowest BCUT2D eigenvalue weighted by atomic mass is 9.83. The van der Waals surface area contributed by atoms with E-state index in [9.17, 15) is 9.90 Å². The summed E-state index contributed by atoms with van der Waals surface area (Å²) in [6.07, 6.45) is 0. The lowest BCUT2D eigenvalue weighted by Crippen LogP contribution is -2.53. The van der Waals surface area contributed by atoms with Crippen molar-refractivity contribution in [2.45, 2.75) is 52.0 Å². The number of carbonyl (C=O) groups excluding carboxylic acids is 1. The maximum Gasteiger partial charge on any atom is 0.318 e. The molecule has 0 saturated carbocycles. The van der Waals surface area contributed by atoms with E-state index in [2.05, 4.69) is 15.5 Å². The van der Waals surface area contributed by atoms with Crippen molar-refractivity contribution in [3.8, 4) is 5.75 Å². The minimum Gasteiger partial charge on any atom is -0.461 e. The molecule has 3 atom stereocenters. The molecule has 2 heterocycles. The SMILES string of the molecule is Cc1nnc(N[C@@H]2c3ccccc3O[C@@](C)(O)[C@H]2C(=O)OC(C)(C)C)s1. The van der Waals surface area contributed by atoms with Gasteiger partial charge < -0.3 is 19.9 Å². The molecule has 140 valence electrons. The number of para-hydroxylation sites is 1. The Morgan fingerprint density at radius 3 is 2.65 bits per heavy atom. The number of ether oxygens (including phenoxy) is 2. The summed E-state index contributed by atoms with van der Waals surface area (Å²) in [6.45, 7) is 8.68. The summed E-state index contributed by atoms with van der Waals surface area (Å²) in [4.78, 5) is 12.9. The Morgan fingerprint density at radius 2 is 2.04 bits per heavy atom. The topological polar surface area (TPSA) is 93.6 Å². The number of fused-ring (bicyclic) bond motifs is 1. The molecule has 2 aromatic rings. The number of nitrogens with one attached hydrogen (secondary N) is 1. The van der Waals surface area contributed by atoms with E-state index >= 15 is 0 Å². The Bertz CT molecular complexity index is 813. The van der Waals surface area contributed by atoms with E-state index in [0.29, 0.717) is 10.9 Å². The summed E-state index contributed by atoms with van der Waals surface area (Å²) in [5.41, 5.74) is 0.0660. The van der Waals surface area contributed by atoms with Gasteiger partial charge in [-0.25, -0.2) is 0 Å². The first kappa shape index (κ1) is 18.6. The van der Waals surface area contributed by atoms with E-state index in [-0.39, 0.29) is 0 Å². The first-order valence-electron chi connectivity index (χ1n) is 8.37. The zero-order valence-corrected chi connectivity index (χ0v) is 16.3. The molecule has 8 heteroatoms. The van der Waals surface area contributed by atoms with Crippen LogP contribution in [-0.2, 0) is 9.53 Å². The van der Waals surface area contributed by atoms with Gasteiger partial charge in [0, 0.05) is 12.5 Å². The van der Waals surface area contributed by atoms with Crippen molar-refractivity contribution in [1.29, 1.82) is 0 Å². The Balaban J connectivity index is 2.04. The zero-order chi connectivity index (χ0) is 19.1. The van der Waals surface area contributed by atoms with Gasteiger partial charge in [0.2, 0.25) is 10.9 Å². The summed E-state index contributed by atoms with van der Waals surface area (Å²) in [7, 11) is 0. The second kappa shape index (κ2) is 6.51. The Kier molecular flexibility index (Phi) is 4.66. The second-order valence-corrected chi connectivity index (χ2v) is 8.64. The third-order valence-electron chi connectivity index (χ3n) is 3.95. The number of aromatic nitrogens is 2. The van der Waals surface area contributed by atoms with Crippen LogP contribution in [0.4, 0.5) is 5.13 Å². The molecular formula is C18H23N3O4S. The van der Waals surface area contributed by atoms with Crippen LogP contribution in [0.3, 0.4) is 0 Å². The van der Waals surface area contributed by atoms with Gasteiger partial charge in [-0.2, -0.15) is 0 Å². The number of hydrogen-bond donors (Lipinski definition) is 2. The van der Waals surface area contributed by atoms with Crippen LogP contribution < -0.4 is 10.1 Å². The van der Waals surface area contributed by atoms with Crippen LogP contribution in [0.2, 0.25) is 0 Å². The van der Waals surface area contributed by atoms with E-state index in [4.69, 9.17) is 9.47 Å². The monoisotopic (exact) mass is 377 g/mol. The predicted octanol–water partition coefficient (Wildman–Crippen LogP) is 3.06. The summed E-state index contributed by atoms with van der Waals surface area (Å²) >= 11 is 1.38. The summed E-state index contributed by atoms with van der Waals surface area (Å²) < 4.78 is 11.3. The van der Waals surface area contributed by atoms with E-state index in [1.165, 1.54) is 18.3 Å². The van der Waals surface area contributed by atoms with Gasteiger partial charge in [-0.1, -0.05) is 29.5 Å². The molecule has 0 amide bonds. The molecule has 3 rings (SSSR count). The van der Waals surface area contributed by atoms with Gasteiger partial charge in [0.25, 0.3) is 0 Å². The van der Waals surface area contributed by atoms with Gasteiger partial charge in [0.15, 0.2) is 0 Å². The highest BCUT2D eigenvalue weighted by Crippen LogP contribution is 2.45. The van der Waals surface area contributed by atoms with E-state index in [1.807, 2.05) is 25.1 Å². The van der Waals surface area contributed by atoms with Gasteiger partial charge in [-0.05, 0) is 33.8 Å². The number of esters is 1. The molecule has 2 N–H and O–H groups in total. The number of rotatable bonds is 3. The number of carbonyl (C=O) groups is 1. The Labute approximate surface area is 156 Å². The molecule has 26 heavy (non-hydrogen) atoms. The molecule has 0 bridgehead atoms. The van der Waals surface area contributed by atoms with Gasteiger partial charge >= 0.3 is 5.97 Å². The van der Waals surface area contributed by atoms with Crippen LogP contribution in [0.15, 0.2) is 24.3 Å². The van der Waals surface area contributed by atoms with Crippen LogP contribution in [0, 0.1) is 12.8 Å². The van der Waals surface area contributed by atoms with Crippen LogP contribution in [0.5, 0.6) is 5.75 Å². The molecule has 1 aliphatic rings.